The Hall–Kier alpha value is -1.81. The van der Waals surface area contributed by atoms with Crippen molar-refractivity contribution in [1.29, 1.82) is 0 Å². The summed E-state index contributed by atoms with van der Waals surface area (Å²) >= 11 is 0. The minimum atomic E-state index is -0.704. The molecule has 0 bridgehead atoms. The molecule has 0 spiro atoms. The van der Waals surface area contributed by atoms with E-state index in [1.54, 1.807) is 11.9 Å². The van der Waals surface area contributed by atoms with Crippen LogP contribution in [-0.2, 0) is 0 Å². The molecule has 2 aromatic rings. The summed E-state index contributed by atoms with van der Waals surface area (Å²) in [4.78, 5) is 17.7. The van der Waals surface area contributed by atoms with Crippen LogP contribution in [0.2, 0.25) is 0 Å². The number of amides is 1. The van der Waals surface area contributed by atoms with Crippen LogP contribution in [0.3, 0.4) is 0 Å². The van der Waals surface area contributed by atoms with Gasteiger partial charge in [0.25, 0.3) is 5.91 Å². The van der Waals surface area contributed by atoms with E-state index in [1.165, 1.54) is 0 Å². The van der Waals surface area contributed by atoms with Gasteiger partial charge in [0.05, 0.1) is 11.2 Å². The standard InChI is InChI=1S/C17H22N2O2/c1-12-15(13-7-3-4-8-14(13)18-12)16(20)19(2)11-17(21)9-5-6-10-17/h3-4,7-8,18,21H,5-6,9-11H2,1-2H3. The van der Waals surface area contributed by atoms with Gasteiger partial charge in [-0.1, -0.05) is 31.0 Å². The molecule has 0 radical (unpaired) electrons. The minimum absolute atomic E-state index is 0.0229. The predicted octanol–water partition coefficient (Wildman–Crippen LogP) is 2.85. The van der Waals surface area contributed by atoms with Crippen LogP contribution in [0.1, 0.15) is 41.7 Å². The molecular formula is C17H22N2O2. The summed E-state index contributed by atoms with van der Waals surface area (Å²) in [5.74, 6) is -0.0229. The van der Waals surface area contributed by atoms with Gasteiger partial charge in [0.1, 0.15) is 0 Å². The zero-order valence-corrected chi connectivity index (χ0v) is 12.6. The van der Waals surface area contributed by atoms with Crippen molar-refractivity contribution in [3.63, 3.8) is 0 Å². The van der Waals surface area contributed by atoms with Gasteiger partial charge in [-0.3, -0.25) is 4.79 Å². The number of aryl methyl sites for hydroxylation is 1. The molecule has 1 fully saturated rings. The molecule has 21 heavy (non-hydrogen) atoms. The molecule has 112 valence electrons. The lowest BCUT2D eigenvalue weighted by molar-refractivity contribution is 0.0157. The number of nitrogens with zero attached hydrogens (tertiary/aromatic N) is 1. The second-order valence-electron chi connectivity index (χ2n) is 6.26. The third-order valence-electron chi connectivity index (χ3n) is 4.52. The van der Waals surface area contributed by atoms with E-state index in [1.807, 2.05) is 31.2 Å². The van der Waals surface area contributed by atoms with Crippen molar-refractivity contribution in [1.82, 2.24) is 9.88 Å². The average molecular weight is 286 g/mol. The van der Waals surface area contributed by atoms with Crippen molar-refractivity contribution in [2.75, 3.05) is 13.6 Å². The number of rotatable bonds is 3. The highest BCUT2D eigenvalue weighted by molar-refractivity contribution is 6.08. The quantitative estimate of drug-likeness (QED) is 0.911. The van der Waals surface area contributed by atoms with E-state index in [-0.39, 0.29) is 5.91 Å². The number of hydrogen-bond donors (Lipinski definition) is 2. The van der Waals surface area contributed by atoms with Gasteiger partial charge in [0.2, 0.25) is 0 Å². The van der Waals surface area contributed by atoms with Crippen molar-refractivity contribution in [2.24, 2.45) is 0 Å². The number of aromatic amines is 1. The number of likely N-dealkylation sites (N-methyl/N-ethyl adjacent to an activating group) is 1. The Morgan fingerprint density at radius 1 is 1.33 bits per heavy atom. The number of fused-ring (bicyclic) bond motifs is 1. The Morgan fingerprint density at radius 3 is 2.71 bits per heavy atom. The van der Waals surface area contributed by atoms with Gasteiger partial charge in [-0.25, -0.2) is 0 Å². The smallest absolute Gasteiger partial charge is 0.256 e. The number of aliphatic hydroxyl groups is 1. The highest BCUT2D eigenvalue weighted by atomic mass is 16.3. The molecule has 0 atom stereocenters. The Balaban J connectivity index is 1.88. The van der Waals surface area contributed by atoms with E-state index in [2.05, 4.69) is 4.98 Å². The summed E-state index contributed by atoms with van der Waals surface area (Å²) in [5.41, 5.74) is 1.87. The summed E-state index contributed by atoms with van der Waals surface area (Å²) in [6, 6.07) is 7.84. The van der Waals surface area contributed by atoms with Crippen molar-refractivity contribution >= 4 is 16.8 Å². The first-order valence-corrected chi connectivity index (χ1v) is 7.55. The zero-order valence-electron chi connectivity index (χ0n) is 12.6. The second kappa shape index (κ2) is 5.19. The topological polar surface area (TPSA) is 56.3 Å². The van der Waals surface area contributed by atoms with Gasteiger partial charge in [-0.15, -0.1) is 0 Å². The van der Waals surface area contributed by atoms with Crippen LogP contribution in [0.5, 0.6) is 0 Å². The minimum Gasteiger partial charge on any atom is -0.388 e. The zero-order chi connectivity index (χ0) is 15.0. The van der Waals surface area contributed by atoms with Crippen molar-refractivity contribution in [2.45, 2.75) is 38.2 Å². The maximum atomic E-state index is 12.8. The van der Waals surface area contributed by atoms with Crippen LogP contribution in [0, 0.1) is 6.92 Å². The van der Waals surface area contributed by atoms with Crippen LogP contribution in [0.4, 0.5) is 0 Å². The van der Waals surface area contributed by atoms with E-state index in [0.717, 1.165) is 47.8 Å². The molecule has 0 saturated heterocycles. The van der Waals surface area contributed by atoms with Gasteiger partial charge >= 0.3 is 0 Å². The summed E-state index contributed by atoms with van der Waals surface area (Å²) < 4.78 is 0. The predicted molar refractivity (Wildman–Crippen MR) is 83.4 cm³/mol. The van der Waals surface area contributed by atoms with E-state index < -0.39 is 5.60 Å². The average Bonchev–Trinajstić information content (AvgIpc) is 3.00. The van der Waals surface area contributed by atoms with Crippen molar-refractivity contribution < 1.29 is 9.90 Å². The Kier molecular flexibility index (Phi) is 3.49. The fraction of sp³-hybridized carbons (Fsp3) is 0.471. The maximum absolute atomic E-state index is 12.8. The van der Waals surface area contributed by atoms with Crippen molar-refractivity contribution in [3.8, 4) is 0 Å². The van der Waals surface area contributed by atoms with E-state index >= 15 is 0 Å². The molecule has 1 aliphatic rings. The number of para-hydroxylation sites is 1. The van der Waals surface area contributed by atoms with Gasteiger partial charge < -0.3 is 15.0 Å². The third kappa shape index (κ3) is 2.56. The third-order valence-corrected chi connectivity index (χ3v) is 4.52. The van der Waals surface area contributed by atoms with Crippen LogP contribution < -0.4 is 0 Å². The second-order valence-corrected chi connectivity index (χ2v) is 6.26. The first-order chi connectivity index (χ1) is 10.0. The first kappa shape index (κ1) is 14.1. The first-order valence-electron chi connectivity index (χ1n) is 7.55. The molecule has 3 rings (SSSR count). The lowest BCUT2D eigenvalue weighted by Crippen LogP contribution is -2.42. The van der Waals surface area contributed by atoms with E-state index in [0.29, 0.717) is 6.54 Å². The van der Waals surface area contributed by atoms with Crippen LogP contribution in [-0.4, -0.2) is 40.1 Å². The lowest BCUT2D eigenvalue weighted by atomic mass is 10.0. The van der Waals surface area contributed by atoms with Gasteiger partial charge in [-0.05, 0) is 25.8 Å². The highest BCUT2D eigenvalue weighted by Gasteiger charge is 2.34. The highest BCUT2D eigenvalue weighted by Crippen LogP contribution is 2.31. The molecule has 4 nitrogen and oxygen atoms in total. The largest absolute Gasteiger partial charge is 0.388 e. The van der Waals surface area contributed by atoms with Crippen LogP contribution >= 0.6 is 0 Å². The molecule has 2 N–H and O–H groups in total. The molecule has 1 aliphatic carbocycles. The number of hydrogen-bond acceptors (Lipinski definition) is 2. The van der Waals surface area contributed by atoms with E-state index in [9.17, 15) is 9.90 Å². The summed E-state index contributed by atoms with van der Waals surface area (Å²) in [5, 5.41) is 11.4. The number of nitrogens with one attached hydrogen (secondary N) is 1. The number of carbonyl (C=O) groups excluding carboxylic acids is 1. The summed E-state index contributed by atoms with van der Waals surface area (Å²) in [6.07, 6.45) is 3.67. The number of H-pyrrole nitrogens is 1. The van der Waals surface area contributed by atoms with Gasteiger partial charge in [0.15, 0.2) is 0 Å². The van der Waals surface area contributed by atoms with Gasteiger partial charge in [-0.2, -0.15) is 0 Å². The normalized spacial score (nSPS) is 17.3. The number of aromatic nitrogens is 1. The lowest BCUT2D eigenvalue weighted by Gasteiger charge is -2.28. The van der Waals surface area contributed by atoms with Crippen molar-refractivity contribution in [3.05, 3.63) is 35.5 Å². The SMILES string of the molecule is Cc1[nH]c2ccccc2c1C(=O)N(C)CC1(O)CCCC1. The molecule has 0 unspecified atom stereocenters. The fourth-order valence-electron chi connectivity index (χ4n) is 3.45. The Bertz CT molecular complexity index is 668. The molecule has 1 saturated carbocycles. The van der Waals surface area contributed by atoms with Crippen LogP contribution in [0.15, 0.2) is 24.3 Å². The van der Waals surface area contributed by atoms with E-state index in [4.69, 9.17) is 0 Å². The molecule has 1 heterocycles. The molecule has 1 amide bonds. The molecule has 1 aromatic carbocycles. The Morgan fingerprint density at radius 2 is 2.00 bits per heavy atom. The fourth-order valence-corrected chi connectivity index (χ4v) is 3.45. The summed E-state index contributed by atoms with van der Waals surface area (Å²) in [7, 11) is 1.78. The molecule has 4 heteroatoms. The molecule has 0 aliphatic heterocycles. The van der Waals surface area contributed by atoms with Crippen LogP contribution in [0.25, 0.3) is 10.9 Å². The number of carbonyl (C=O) groups is 1. The van der Waals surface area contributed by atoms with Gasteiger partial charge in [0, 0.05) is 30.2 Å². The number of benzene rings is 1. The summed E-state index contributed by atoms with van der Waals surface area (Å²) in [6.45, 7) is 2.33. The molecular weight excluding hydrogens is 264 g/mol. The maximum Gasteiger partial charge on any atom is 0.256 e. The Labute approximate surface area is 124 Å². The monoisotopic (exact) mass is 286 g/mol. The molecule has 1 aromatic heterocycles.